The lowest BCUT2D eigenvalue weighted by atomic mass is 9.83. The summed E-state index contributed by atoms with van der Waals surface area (Å²) in [5.74, 6) is 0.363. The Bertz CT molecular complexity index is 1170. The van der Waals surface area contributed by atoms with Crippen molar-refractivity contribution in [1.29, 1.82) is 0 Å². The van der Waals surface area contributed by atoms with Crippen LogP contribution in [0.4, 0.5) is 0 Å². The van der Waals surface area contributed by atoms with E-state index in [1.165, 1.54) is 0 Å². The molecule has 3 atom stereocenters. The number of carboxylic acid groups (broad SMARTS) is 1. The third kappa shape index (κ3) is 7.71. The SMILES string of the molecule is CCCCN(CCCN(C)C)C(=O)CN1CC(c2ccc3c(c2)OCO3)C(C(=O)O)C1CCc1ccccc1OC. The van der Waals surface area contributed by atoms with E-state index in [4.69, 9.17) is 14.2 Å². The number of carboxylic acids is 1. The molecule has 0 aromatic heterocycles. The number of carbonyl (C=O) groups excluding carboxylic acids is 1. The standard InChI is InChI=1S/C32H45N3O6/c1-5-6-17-34(18-9-16-33(2)3)30(36)21-35-20-25(24-13-15-28-29(19-24)41-22-40-28)31(32(37)38)26(35)14-12-23-10-7-8-11-27(23)39-4/h7-8,10-11,13,15,19,25-26,31H,5-6,9,12,14,16-18,20-22H2,1-4H3,(H,37,38). The van der Waals surface area contributed by atoms with Crippen LogP contribution in [-0.2, 0) is 16.0 Å². The number of aryl methyl sites for hydroxylation is 1. The first-order valence-electron chi connectivity index (χ1n) is 14.7. The van der Waals surface area contributed by atoms with Gasteiger partial charge >= 0.3 is 5.97 Å². The maximum atomic E-state index is 13.7. The Morgan fingerprint density at radius 1 is 1.05 bits per heavy atom. The van der Waals surface area contributed by atoms with Crippen molar-refractivity contribution in [1.82, 2.24) is 14.7 Å². The van der Waals surface area contributed by atoms with Crippen LogP contribution < -0.4 is 14.2 Å². The molecular formula is C32H45N3O6. The van der Waals surface area contributed by atoms with Crippen molar-refractivity contribution in [2.45, 2.75) is 51.0 Å². The van der Waals surface area contributed by atoms with Gasteiger partial charge in [0.05, 0.1) is 19.6 Å². The number of benzene rings is 2. The van der Waals surface area contributed by atoms with Crippen LogP contribution in [0.25, 0.3) is 0 Å². The van der Waals surface area contributed by atoms with Crippen molar-refractivity contribution < 1.29 is 28.9 Å². The van der Waals surface area contributed by atoms with Crippen LogP contribution in [0.3, 0.4) is 0 Å². The molecule has 0 bridgehead atoms. The highest BCUT2D eigenvalue weighted by Crippen LogP contribution is 2.43. The number of para-hydroxylation sites is 1. The molecule has 1 amide bonds. The zero-order valence-corrected chi connectivity index (χ0v) is 24.9. The Balaban J connectivity index is 1.59. The van der Waals surface area contributed by atoms with E-state index >= 15 is 0 Å². The normalized spacial score (nSPS) is 20.0. The van der Waals surface area contributed by atoms with Crippen LogP contribution in [0.5, 0.6) is 17.2 Å². The predicted molar refractivity (Wildman–Crippen MR) is 158 cm³/mol. The maximum absolute atomic E-state index is 13.7. The van der Waals surface area contributed by atoms with Crippen LogP contribution in [0, 0.1) is 5.92 Å². The number of hydrogen-bond acceptors (Lipinski definition) is 7. The number of likely N-dealkylation sites (tertiary alicyclic amines) is 1. The van der Waals surface area contributed by atoms with Gasteiger partial charge < -0.3 is 29.1 Å². The third-order valence-corrected chi connectivity index (χ3v) is 8.27. The van der Waals surface area contributed by atoms with Gasteiger partial charge in [0.2, 0.25) is 12.7 Å². The summed E-state index contributed by atoms with van der Waals surface area (Å²) in [4.78, 5) is 32.8. The summed E-state index contributed by atoms with van der Waals surface area (Å²) in [5.41, 5.74) is 1.93. The number of unbranched alkanes of at least 4 members (excludes halogenated alkanes) is 1. The second-order valence-corrected chi connectivity index (χ2v) is 11.3. The highest BCUT2D eigenvalue weighted by molar-refractivity contribution is 5.79. The number of amides is 1. The van der Waals surface area contributed by atoms with Crippen LogP contribution >= 0.6 is 0 Å². The minimum absolute atomic E-state index is 0.0648. The monoisotopic (exact) mass is 567 g/mol. The van der Waals surface area contributed by atoms with E-state index < -0.39 is 11.9 Å². The molecule has 1 fully saturated rings. The zero-order chi connectivity index (χ0) is 29.4. The van der Waals surface area contributed by atoms with E-state index in [2.05, 4.69) is 16.7 Å². The van der Waals surface area contributed by atoms with Gasteiger partial charge in [-0.05, 0) is 75.6 Å². The minimum Gasteiger partial charge on any atom is -0.496 e. The Morgan fingerprint density at radius 2 is 1.80 bits per heavy atom. The second-order valence-electron chi connectivity index (χ2n) is 11.3. The predicted octanol–water partition coefficient (Wildman–Crippen LogP) is 4.11. The summed E-state index contributed by atoms with van der Waals surface area (Å²) in [6.45, 7) is 5.31. The van der Waals surface area contributed by atoms with E-state index in [1.807, 2.05) is 61.5 Å². The van der Waals surface area contributed by atoms with Crippen molar-refractivity contribution in [2.75, 3.05) is 60.7 Å². The average molecular weight is 568 g/mol. The first-order valence-corrected chi connectivity index (χ1v) is 14.7. The van der Waals surface area contributed by atoms with Gasteiger partial charge in [-0.15, -0.1) is 0 Å². The van der Waals surface area contributed by atoms with Crippen LogP contribution in [-0.4, -0.2) is 98.4 Å². The molecule has 2 heterocycles. The number of fused-ring (bicyclic) bond motifs is 1. The minimum atomic E-state index is -0.846. The molecule has 9 heteroatoms. The molecule has 1 N–H and O–H groups in total. The molecule has 2 aromatic rings. The number of rotatable bonds is 15. The van der Waals surface area contributed by atoms with Crippen molar-refractivity contribution in [3.8, 4) is 17.2 Å². The Kier molecular flexibility index (Phi) is 10.9. The number of carbonyl (C=O) groups is 2. The zero-order valence-electron chi connectivity index (χ0n) is 24.9. The molecule has 0 radical (unpaired) electrons. The van der Waals surface area contributed by atoms with Gasteiger partial charge in [-0.3, -0.25) is 14.5 Å². The molecule has 9 nitrogen and oxygen atoms in total. The molecule has 41 heavy (non-hydrogen) atoms. The average Bonchev–Trinajstić information content (AvgIpc) is 3.57. The maximum Gasteiger partial charge on any atom is 0.308 e. The molecular weight excluding hydrogens is 522 g/mol. The van der Waals surface area contributed by atoms with Crippen LogP contribution in [0.1, 0.15) is 49.7 Å². The Hall–Kier alpha value is -3.30. The summed E-state index contributed by atoms with van der Waals surface area (Å²) < 4.78 is 16.7. The molecule has 224 valence electrons. The summed E-state index contributed by atoms with van der Waals surface area (Å²) in [6.07, 6.45) is 4.11. The van der Waals surface area contributed by atoms with Gasteiger partial charge in [-0.2, -0.15) is 0 Å². The summed E-state index contributed by atoms with van der Waals surface area (Å²) >= 11 is 0. The summed E-state index contributed by atoms with van der Waals surface area (Å²) in [6, 6.07) is 13.2. The van der Waals surface area contributed by atoms with Crippen molar-refractivity contribution in [2.24, 2.45) is 5.92 Å². The van der Waals surface area contributed by atoms with Gasteiger partial charge in [0.1, 0.15) is 5.75 Å². The van der Waals surface area contributed by atoms with Crippen LogP contribution in [0.2, 0.25) is 0 Å². The molecule has 0 aliphatic carbocycles. The van der Waals surface area contributed by atoms with Gasteiger partial charge in [0.15, 0.2) is 11.5 Å². The van der Waals surface area contributed by atoms with Crippen molar-refractivity contribution >= 4 is 11.9 Å². The lowest BCUT2D eigenvalue weighted by molar-refractivity contribution is -0.143. The van der Waals surface area contributed by atoms with E-state index in [1.54, 1.807) is 7.11 Å². The van der Waals surface area contributed by atoms with Gasteiger partial charge in [-0.25, -0.2) is 0 Å². The highest BCUT2D eigenvalue weighted by atomic mass is 16.7. The van der Waals surface area contributed by atoms with E-state index in [0.29, 0.717) is 37.4 Å². The van der Waals surface area contributed by atoms with E-state index in [0.717, 1.165) is 49.2 Å². The lowest BCUT2D eigenvalue weighted by Gasteiger charge is -2.30. The Labute approximate surface area is 244 Å². The summed E-state index contributed by atoms with van der Waals surface area (Å²) in [5, 5.41) is 10.5. The fourth-order valence-corrected chi connectivity index (χ4v) is 6.11. The Morgan fingerprint density at radius 3 is 2.54 bits per heavy atom. The molecule has 2 aliphatic heterocycles. The van der Waals surface area contributed by atoms with Gasteiger partial charge in [0, 0.05) is 31.6 Å². The van der Waals surface area contributed by atoms with Crippen LogP contribution in [0.15, 0.2) is 42.5 Å². The second kappa shape index (κ2) is 14.5. The molecule has 3 unspecified atom stereocenters. The molecule has 0 spiro atoms. The lowest BCUT2D eigenvalue weighted by Crippen LogP contribution is -2.45. The fourth-order valence-electron chi connectivity index (χ4n) is 6.11. The smallest absolute Gasteiger partial charge is 0.308 e. The number of ether oxygens (including phenoxy) is 3. The quantitative estimate of drug-likeness (QED) is 0.344. The number of nitrogens with zero attached hydrogens (tertiary/aromatic N) is 3. The highest BCUT2D eigenvalue weighted by Gasteiger charge is 2.47. The first kappa shape index (κ1) is 30.7. The molecule has 2 aliphatic rings. The molecule has 1 saturated heterocycles. The summed E-state index contributed by atoms with van der Waals surface area (Å²) in [7, 11) is 5.73. The van der Waals surface area contributed by atoms with E-state index in [-0.39, 0.29) is 31.2 Å². The third-order valence-electron chi connectivity index (χ3n) is 8.27. The number of hydrogen-bond donors (Lipinski definition) is 1. The molecule has 4 rings (SSSR count). The topological polar surface area (TPSA) is 91.8 Å². The fraction of sp³-hybridized carbons (Fsp3) is 0.562. The number of methoxy groups -OCH3 is 1. The number of aliphatic carboxylic acids is 1. The van der Waals surface area contributed by atoms with Crippen molar-refractivity contribution in [3.63, 3.8) is 0 Å². The van der Waals surface area contributed by atoms with Crippen molar-refractivity contribution in [3.05, 3.63) is 53.6 Å². The van der Waals surface area contributed by atoms with Gasteiger partial charge in [0.25, 0.3) is 0 Å². The molecule has 2 aromatic carbocycles. The van der Waals surface area contributed by atoms with Gasteiger partial charge in [-0.1, -0.05) is 37.6 Å². The first-order chi connectivity index (χ1) is 19.8. The molecule has 0 saturated carbocycles. The largest absolute Gasteiger partial charge is 0.496 e. The van der Waals surface area contributed by atoms with E-state index in [9.17, 15) is 14.7 Å².